The van der Waals surface area contributed by atoms with Gasteiger partial charge in [-0.1, -0.05) is 33.3 Å². The Hall–Kier alpha value is -3.40. The predicted octanol–water partition coefficient (Wildman–Crippen LogP) is 5.88. The van der Waals surface area contributed by atoms with E-state index in [0.717, 1.165) is 11.1 Å². The molecule has 0 heterocycles. The molecule has 0 unspecified atom stereocenters. The van der Waals surface area contributed by atoms with Crippen LogP contribution >= 0.6 is 8.25 Å². The van der Waals surface area contributed by atoms with E-state index in [1.165, 1.54) is 0 Å². The van der Waals surface area contributed by atoms with E-state index < -0.39 is 31.6 Å². The Morgan fingerprint density at radius 1 is 0.650 bits per heavy atom. The molecule has 0 saturated heterocycles. The number of benzene rings is 2. The number of nitrogens with one attached hydrogen (secondary N) is 2. The summed E-state index contributed by atoms with van der Waals surface area (Å²) >= 11 is 0. The van der Waals surface area contributed by atoms with Gasteiger partial charge in [0.1, 0.15) is 22.7 Å². The second-order valence-corrected chi connectivity index (χ2v) is 11.6. The third-order valence-electron chi connectivity index (χ3n) is 4.78. The molecule has 2 amide bonds. The zero-order chi connectivity index (χ0) is 29.6. The van der Waals surface area contributed by atoms with Gasteiger partial charge >= 0.3 is 20.4 Å². The maximum absolute atomic E-state index is 11.9. The van der Waals surface area contributed by atoms with Crippen molar-refractivity contribution in [3.8, 4) is 11.5 Å². The zero-order valence-electron chi connectivity index (χ0n) is 24.0. The van der Waals surface area contributed by atoms with Crippen molar-refractivity contribution in [3.05, 3.63) is 59.7 Å². The van der Waals surface area contributed by atoms with Crippen molar-refractivity contribution >= 4 is 20.4 Å². The van der Waals surface area contributed by atoms with E-state index in [1.54, 1.807) is 24.3 Å². The Labute approximate surface area is 236 Å². The van der Waals surface area contributed by atoms with Gasteiger partial charge in [-0.05, 0) is 89.8 Å². The van der Waals surface area contributed by atoms with Gasteiger partial charge in [0.2, 0.25) is 13.6 Å². The first-order valence-corrected chi connectivity index (χ1v) is 14.0. The third-order valence-corrected chi connectivity index (χ3v) is 5.41. The van der Waals surface area contributed by atoms with Crippen molar-refractivity contribution in [2.24, 2.45) is 0 Å². The molecule has 0 aliphatic heterocycles. The molecule has 2 rings (SSSR count). The van der Waals surface area contributed by atoms with Gasteiger partial charge in [0.05, 0.1) is 0 Å². The third kappa shape index (κ3) is 15.3. The highest BCUT2D eigenvalue weighted by Crippen LogP contribution is 2.25. The summed E-state index contributed by atoms with van der Waals surface area (Å²) in [7, 11) is -2.44. The summed E-state index contributed by atoms with van der Waals surface area (Å²) in [5.74, 6) is 1.06. The Bertz CT molecular complexity index is 993. The fraction of sp³-hybridized carbons (Fsp3) is 0.500. The number of amides is 2. The van der Waals surface area contributed by atoms with Gasteiger partial charge in [-0.25, -0.2) is 9.59 Å². The molecular weight excluding hydrogens is 539 g/mol. The molecule has 40 heavy (non-hydrogen) atoms. The van der Waals surface area contributed by atoms with Crippen molar-refractivity contribution in [2.45, 2.75) is 65.6 Å². The van der Waals surface area contributed by atoms with Crippen LogP contribution in [-0.4, -0.2) is 50.1 Å². The lowest BCUT2D eigenvalue weighted by Gasteiger charge is -2.19. The summed E-state index contributed by atoms with van der Waals surface area (Å²) in [6.45, 7) is 11.2. The molecule has 0 saturated carbocycles. The molecule has 2 N–H and O–H groups in total. The topological polar surface area (TPSA) is 131 Å². The highest BCUT2D eigenvalue weighted by Gasteiger charge is 2.21. The molecule has 0 fully saturated rings. The first kappa shape index (κ1) is 32.8. The van der Waals surface area contributed by atoms with Crippen molar-refractivity contribution in [1.29, 1.82) is 0 Å². The lowest BCUT2D eigenvalue weighted by atomic mass is 10.1. The van der Waals surface area contributed by atoms with Gasteiger partial charge in [0.15, 0.2) is 0 Å². The average Bonchev–Trinajstić information content (AvgIpc) is 2.84. The monoisotopic (exact) mass is 579 g/mol. The zero-order valence-corrected chi connectivity index (χ0v) is 24.9. The van der Waals surface area contributed by atoms with Crippen LogP contribution in [0.25, 0.3) is 0 Å². The van der Waals surface area contributed by atoms with Crippen molar-refractivity contribution in [3.63, 3.8) is 0 Å². The predicted molar refractivity (Wildman–Crippen MR) is 150 cm³/mol. The molecule has 0 radical (unpaired) electrons. The lowest BCUT2D eigenvalue weighted by molar-refractivity contribution is 0.0517. The SMILES string of the molecule is CC(C)(C)OC(=O)NCCc1ccc(OCO[P+](=O)OCOc2ccc(CCNC(=O)OC(C)(C)C)cc2)cc1. The van der Waals surface area contributed by atoms with Gasteiger partial charge in [0.25, 0.3) is 0 Å². The van der Waals surface area contributed by atoms with Crippen LogP contribution in [0.2, 0.25) is 0 Å². The second-order valence-electron chi connectivity index (χ2n) is 10.7. The highest BCUT2D eigenvalue weighted by molar-refractivity contribution is 7.33. The highest BCUT2D eigenvalue weighted by atomic mass is 31.1. The van der Waals surface area contributed by atoms with Gasteiger partial charge in [-0.3, -0.25) is 0 Å². The molecule has 0 spiro atoms. The minimum absolute atomic E-state index is 0.263. The Balaban J connectivity index is 1.57. The summed E-state index contributed by atoms with van der Waals surface area (Å²) in [4.78, 5) is 23.4. The molecule has 0 bridgehead atoms. The van der Waals surface area contributed by atoms with Crippen LogP contribution in [-0.2, 0) is 35.9 Å². The maximum Gasteiger partial charge on any atom is 0.704 e. The van der Waals surface area contributed by atoms with Crippen molar-refractivity contribution < 1.29 is 42.1 Å². The fourth-order valence-corrected chi connectivity index (χ4v) is 3.42. The van der Waals surface area contributed by atoms with Gasteiger partial charge < -0.3 is 29.6 Å². The number of rotatable bonds is 14. The smallest absolute Gasteiger partial charge is 0.463 e. The van der Waals surface area contributed by atoms with Crippen LogP contribution in [0.1, 0.15) is 52.7 Å². The molecule has 220 valence electrons. The van der Waals surface area contributed by atoms with Crippen molar-refractivity contribution in [1.82, 2.24) is 10.6 Å². The normalized spacial score (nSPS) is 11.3. The van der Waals surface area contributed by atoms with Crippen LogP contribution in [0.3, 0.4) is 0 Å². The van der Waals surface area contributed by atoms with Gasteiger partial charge in [-0.15, -0.1) is 0 Å². The molecule has 0 atom stereocenters. The number of hydrogen-bond donors (Lipinski definition) is 2. The van der Waals surface area contributed by atoms with Crippen LogP contribution in [0.5, 0.6) is 11.5 Å². The van der Waals surface area contributed by atoms with Crippen LogP contribution in [0, 0.1) is 0 Å². The van der Waals surface area contributed by atoms with Crippen LogP contribution in [0.4, 0.5) is 9.59 Å². The molecule has 0 aromatic heterocycles. The standard InChI is InChI=1S/C28H39N2O9P/c1-27(2,3)38-25(31)29-17-15-21-7-11-23(12-8-21)34-19-36-40(33)37-20-35-24-13-9-22(10-14-24)16-18-30-26(32)39-28(4,5)6/h7-14H,15-20H2,1-6H3,(H-,29,30,31,32)/p+1. The quantitative estimate of drug-likeness (QED) is 0.208. The Morgan fingerprint density at radius 2 is 1.00 bits per heavy atom. The second kappa shape index (κ2) is 16.0. The summed E-state index contributed by atoms with van der Waals surface area (Å²) in [6, 6.07) is 14.4. The van der Waals surface area contributed by atoms with E-state index in [4.69, 9.17) is 28.0 Å². The Morgan fingerprint density at radius 3 is 1.32 bits per heavy atom. The van der Waals surface area contributed by atoms with E-state index in [9.17, 15) is 14.2 Å². The largest absolute Gasteiger partial charge is 0.704 e. The van der Waals surface area contributed by atoms with E-state index in [1.807, 2.05) is 65.8 Å². The van der Waals surface area contributed by atoms with E-state index in [-0.39, 0.29) is 13.6 Å². The number of hydrogen-bond acceptors (Lipinski definition) is 9. The lowest BCUT2D eigenvalue weighted by Crippen LogP contribution is -2.33. The molecule has 2 aromatic rings. The Kier molecular flexibility index (Phi) is 13.1. The maximum atomic E-state index is 11.9. The van der Waals surface area contributed by atoms with Gasteiger partial charge in [0, 0.05) is 17.7 Å². The van der Waals surface area contributed by atoms with E-state index in [0.29, 0.717) is 37.4 Å². The summed E-state index contributed by atoms with van der Waals surface area (Å²) in [6.07, 6.45) is 0.351. The number of ether oxygens (including phenoxy) is 4. The molecular formula is C28H40N2O9P+. The molecule has 0 aliphatic rings. The first-order valence-electron chi connectivity index (χ1n) is 12.9. The minimum Gasteiger partial charge on any atom is -0.463 e. The molecule has 2 aromatic carbocycles. The average molecular weight is 580 g/mol. The number of carbonyl (C=O) groups excluding carboxylic acids is 2. The van der Waals surface area contributed by atoms with E-state index in [2.05, 4.69) is 10.6 Å². The number of alkyl carbamates (subject to hydrolysis) is 2. The van der Waals surface area contributed by atoms with Gasteiger partial charge in [-0.2, -0.15) is 0 Å². The molecule has 12 heteroatoms. The van der Waals surface area contributed by atoms with Crippen LogP contribution in [0.15, 0.2) is 48.5 Å². The summed E-state index contributed by atoms with van der Waals surface area (Å²) in [5, 5.41) is 5.42. The van der Waals surface area contributed by atoms with Crippen LogP contribution < -0.4 is 20.1 Å². The number of carbonyl (C=O) groups is 2. The summed E-state index contributed by atoms with van der Waals surface area (Å²) < 4.78 is 43.2. The van der Waals surface area contributed by atoms with E-state index >= 15 is 0 Å². The fourth-order valence-electron chi connectivity index (χ4n) is 3.06. The molecule has 11 nitrogen and oxygen atoms in total. The minimum atomic E-state index is -2.44. The summed E-state index contributed by atoms with van der Waals surface area (Å²) in [5.41, 5.74) is 0.930. The van der Waals surface area contributed by atoms with Crippen molar-refractivity contribution in [2.75, 3.05) is 26.7 Å². The first-order chi connectivity index (χ1) is 18.8. The molecule has 0 aliphatic carbocycles.